The van der Waals surface area contributed by atoms with Gasteiger partial charge in [-0.25, -0.2) is 0 Å². The van der Waals surface area contributed by atoms with Gasteiger partial charge in [0.15, 0.2) is 5.43 Å². The molecular formula is C23H21NO3. The topological polar surface area (TPSA) is 50.5 Å². The lowest BCUT2D eigenvalue weighted by molar-refractivity contribution is 0.0748. The molecule has 2 heterocycles. The van der Waals surface area contributed by atoms with Gasteiger partial charge in [-0.2, -0.15) is 0 Å². The second kappa shape index (κ2) is 6.54. The highest BCUT2D eigenvalue weighted by Gasteiger charge is 2.42. The van der Waals surface area contributed by atoms with E-state index < -0.39 is 6.04 Å². The molecule has 0 bridgehead atoms. The van der Waals surface area contributed by atoms with Crippen LogP contribution in [-0.2, 0) is 6.42 Å². The fraction of sp³-hybridized carbons (Fsp3) is 0.217. The summed E-state index contributed by atoms with van der Waals surface area (Å²) in [6, 6.07) is 13.0. The van der Waals surface area contributed by atoms with Crippen molar-refractivity contribution in [2.24, 2.45) is 0 Å². The Hall–Kier alpha value is -3.14. The summed E-state index contributed by atoms with van der Waals surface area (Å²) < 4.78 is 5.90. The fourth-order valence-electron chi connectivity index (χ4n) is 3.74. The van der Waals surface area contributed by atoms with Gasteiger partial charge >= 0.3 is 0 Å². The van der Waals surface area contributed by atoms with E-state index >= 15 is 0 Å². The van der Waals surface area contributed by atoms with Crippen LogP contribution in [0.25, 0.3) is 11.0 Å². The minimum Gasteiger partial charge on any atom is -0.450 e. The molecule has 136 valence electrons. The number of carbonyl (C=O) groups is 1. The molecule has 4 heteroatoms. The van der Waals surface area contributed by atoms with Crippen molar-refractivity contribution in [2.45, 2.75) is 26.3 Å². The molecule has 2 aromatic carbocycles. The number of benzene rings is 2. The molecule has 27 heavy (non-hydrogen) atoms. The standard InChI is InChI=1S/C23H21NO3/c1-4-12-24-20(16-9-7-15(5-2)8-10-16)19-21(25)17-13-14(3)6-11-18(17)27-22(19)23(24)26/h4,6-11,13,20H,1,5,12H2,2-3H3/t20-/m1/s1. The summed E-state index contributed by atoms with van der Waals surface area (Å²) in [6.07, 6.45) is 2.61. The van der Waals surface area contributed by atoms with Gasteiger partial charge in [0.2, 0.25) is 5.76 Å². The van der Waals surface area contributed by atoms with Crippen LogP contribution in [0, 0.1) is 6.92 Å². The van der Waals surface area contributed by atoms with Crippen molar-refractivity contribution in [3.05, 3.63) is 93.4 Å². The van der Waals surface area contributed by atoms with Gasteiger partial charge in [-0.1, -0.05) is 48.9 Å². The largest absolute Gasteiger partial charge is 0.450 e. The molecule has 0 radical (unpaired) electrons. The average molecular weight is 359 g/mol. The first-order chi connectivity index (χ1) is 13.0. The highest BCUT2D eigenvalue weighted by Crippen LogP contribution is 2.38. The Labute approximate surface area is 157 Å². The molecule has 1 aromatic heterocycles. The van der Waals surface area contributed by atoms with Gasteiger partial charge in [0.05, 0.1) is 17.0 Å². The van der Waals surface area contributed by atoms with Crippen molar-refractivity contribution in [2.75, 3.05) is 6.54 Å². The van der Waals surface area contributed by atoms with E-state index in [0.29, 0.717) is 23.1 Å². The average Bonchev–Trinajstić information content (AvgIpc) is 2.95. The third kappa shape index (κ3) is 2.69. The van der Waals surface area contributed by atoms with Crippen LogP contribution in [-0.4, -0.2) is 17.4 Å². The molecule has 1 atom stereocenters. The second-order valence-corrected chi connectivity index (χ2v) is 6.92. The normalized spacial score (nSPS) is 16.0. The molecular weight excluding hydrogens is 338 g/mol. The van der Waals surface area contributed by atoms with Crippen molar-refractivity contribution < 1.29 is 9.21 Å². The quantitative estimate of drug-likeness (QED) is 0.649. The molecule has 1 amide bonds. The van der Waals surface area contributed by atoms with Crippen molar-refractivity contribution in [3.63, 3.8) is 0 Å². The maximum atomic E-state index is 13.3. The molecule has 0 N–H and O–H groups in total. The number of fused-ring (bicyclic) bond motifs is 2. The van der Waals surface area contributed by atoms with Crippen LogP contribution in [0.3, 0.4) is 0 Å². The maximum absolute atomic E-state index is 13.3. The zero-order chi connectivity index (χ0) is 19.1. The van der Waals surface area contributed by atoms with Crippen LogP contribution < -0.4 is 5.43 Å². The summed E-state index contributed by atoms with van der Waals surface area (Å²) in [7, 11) is 0. The minimum absolute atomic E-state index is 0.139. The van der Waals surface area contributed by atoms with E-state index in [4.69, 9.17) is 4.42 Å². The van der Waals surface area contributed by atoms with Crippen LogP contribution in [0.4, 0.5) is 0 Å². The zero-order valence-electron chi connectivity index (χ0n) is 15.5. The number of rotatable bonds is 4. The summed E-state index contributed by atoms with van der Waals surface area (Å²) >= 11 is 0. The predicted molar refractivity (Wildman–Crippen MR) is 106 cm³/mol. The third-order valence-electron chi connectivity index (χ3n) is 5.15. The molecule has 4 nitrogen and oxygen atoms in total. The van der Waals surface area contributed by atoms with Crippen molar-refractivity contribution in [1.82, 2.24) is 4.90 Å². The Morgan fingerprint density at radius 2 is 1.89 bits per heavy atom. The smallest absolute Gasteiger partial charge is 0.291 e. The zero-order valence-corrected chi connectivity index (χ0v) is 15.5. The molecule has 1 aliphatic rings. The molecule has 0 fully saturated rings. The SMILES string of the molecule is C=CCN1C(=O)c2oc3ccc(C)cc3c(=O)c2[C@H]1c1ccc(CC)cc1. The molecule has 1 aliphatic heterocycles. The first-order valence-corrected chi connectivity index (χ1v) is 9.13. The molecule has 0 unspecified atom stereocenters. The molecule has 0 saturated carbocycles. The minimum atomic E-state index is -0.461. The molecule has 0 saturated heterocycles. The van der Waals surface area contributed by atoms with Gasteiger partial charge in [-0.3, -0.25) is 9.59 Å². The van der Waals surface area contributed by atoms with Crippen LogP contribution in [0.1, 0.15) is 45.8 Å². The number of amides is 1. The number of hydrogen-bond donors (Lipinski definition) is 0. The molecule has 0 spiro atoms. The van der Waals surface area contributed by atoms with Gasteiger partial charge in [0.25, 0.3) is 5.91 Å². The van der Waals surface area contributed by atoms with Crippen LogP contribution in [0.5, 0.6) is 0 Å². The van der Waals surface area contributed by atoms with Gasteiger partial charge in [-0.15, -0.1) is 6.58 Å². The molecule has 3 aromatic rings. The Kier molecular flexibility index (Phi) is 4.19. The first-order valence-electron chi connectivity index (χ1n) is 9.13. The highest BCUT2D eigenvalue weighted by molar-refractivity contribution is 5.99. The molecule has 4 rings (SSSR count). The maximum Gasteiger partial charge on any atom is 0.291 e. The second-order valence-electron chi connectivity index (χ2n) is 6.92. The monoisotopic (exact) mass is 359 g/mol. The van der Waals surface area contributed by atoms with Gasteiger partial charge in [-0.05, 0) is 36.6 Å². The summed E-state index contributed by atoms with van der Waals surface area (Å²) in [5.41, 5.74) is 3.81. The van der Waals surface area contributed by atoms with E-state index in [0.717, 1.165) is 17.5 Å². The fourth-order valence-corrected chi connectivity index (χ4v) is 3.74. The van der Waals surface area contributed by atoms with Gasteiger partial charge < -0.3 is 9.32 Å². The lowest BCUT2D eigenvalue weighted by Gasteiger charge is -2.23. The number of aryl methyl sites for hydroxylation is 2. The Balaban J connectivity index is 1.98. The highest BCUT2D eigenvalue weighted by atomic mass is 16.3. The number of carbonyl (C=O) groups excluding carboxylic acids is 1. The van der Waals surface area contributed by atoms with E-state index in [9.17, 15) is 9.59 Å². The van der Waals surface area contributed by atoms with Crippen LogP contribution in [0.2, 0.25) is 0 Å². The number of hydrogen-bond acceptors (Lipinski definition) is 3. The van der Waals surface area contributed by atoms with Crippen molar-refractivity contribution in [1.29, 1.82) is 0 Å². The molecule has 0 aliphatic carbocycles. The van der Waals surface area contributed by atoms with Gasteiger partial charge in [0.1, 0.15) is 5.58 Å². The van der Waals surface area contributed by atoms with Crippen molar-refractivity contribution in [3.8, 4) is 0 Å². The number of nitrogens with zero attached hydrogens (tertiary/aromatic N) is 1. The van der Waals surface area contributed by atoms with Crippen molar-refractivity contribution >= 4 is 16.9 Å². The Bertz CT molecular complexity index is 1110. The van der Waals surface area contributed by atoms with E-state index in [1.54, 1.807) is 17.0 Å². The summed E-state index contributed by atoms with van der Waals surface area (Å²) in [5, 5.41) is 0.511. The Morgan fingerprint density at radius 1 is 1.15 bits per heavy atom. The van der Waals surface area contributed by atoms with Crippen LogP contribution in [0.15, 0.2) is 64.3 Å². The lowest BCUT2D eigenvalue weighted by atomic mass is 9.97. The van der Waals surface area contributed by atoms with E-state index in [2.05, 4.69) is 13.5 Å². The summed E-state index contributed by atoms with van der Waals surface area (Å²) in [6.45, 7) is 8.14. The van der Waals surface area contributed by atoms with E-state index in [-0.39, 0.29) is 17.1 Å². The summed E-state index contributed by atoms with van der Waals surface area (Å²) in [5.74, 6) is -0.128. The van der Waals surface area contributed by atoms with E-state index in [1.165, 1.54) is 5.56 Å². The van der Waals surface area contributed by atoms with E-state index in [1.807, 2.05) is 43.3 Å². The lowest BCUT2D eigenvalue weighted by Crippen LogP contribution is -2.29. The van der Waals surface area contributed by atoms with Crippen LogP contribution >= 0.6 is 0 Å². The van der Waals surface area contributed by atoms with Gasteiger partial charge in [0, 0.05) is 6.54 Å². The third-order valence-corrected chi connectivity index (χ3v) is 5.15. The first kappa shape index (κ1) is 17.3. The summed E-state index contributed by atoms with van der Waals surface area (Å²) in [4.78, 5) is 28.0. The predicted octanol–water partition coefficient (Wildman–Crippen LogP) is 4.40. The Morgan fingerprint density at radius 3 is 2.56 bits per heavy atom.